The fourth-order valence-electron chi connectivity index (χ4n) is 7.70. The Morgan fingerprint density at radius 3 is 2.55 bits per heavy atom. The van der Waals surface area contributed by atoms with Crippen molar-refractivity contribution >= 4 is 29.8 Å². The minimum Gasteiger partial charge on any atom is -0.493 e. The number of amides is 1. The summed E-state index contributed by atoms with van der Waals surface area (Å²) in [6.45, 7) is 14.8. The lowest BCUT2D eigenvalue weighted by atomic mass is 9.43. The van der Waals surface area contributed by atoms with Gasteiger partial charge in [-0.25, -0.2) is 4.79 Å². The average molecular weight is 598 g/mol. The summed E-state index contributed by atoms with van der Waals surface area (Å²) in [6, 6.07) is 19.0. The third-order valence-electron chi connectivity index (χ3n) is 10.0. The van der Waals surface area contributed by atoms with Crippen molar-refractivity contribution in [2.24, 2.45) is 17.3 Å². The van der Waals surface area contributed by atoms with E-state index in [2.05, 4.69) is 26.1 Å². The van der Waals surface area contributed by atoms with Gasteiger partial charge in [0.25, 0.3) is 5.91 Å². The van der Waals surface area contributed by atoms with Crippen molar-refractivity contribution in [3.05, 3.63) is 77.4 Å². The maximum Gasteiger partial charge on any atom is 0.482 e. The van der Waals surface area contributed by atoms with E-state index in [1.54, 1.807) is 6.07 Å². The zero-order valence-electron chi connectivity index (χ0n) is 26.9. The van der Waals surface area contributed by atoms with E-state index in [0.717, 1.165) is 29.2 Å². The molecule has 5 atom stereocenters. The maximum atomic E-state index is 14.2. The van der Waals surface area contributed by atoms with E-state index in [9.17, 15) is 9.59 Å². The largest absolute Gasteiger partial charge is 0.493 e. The number of carbonyl (C=O) groups excluding carboxylic acids is 2. The summed E-state index contributed by atoms with van der Waals surface area (Å²) in [5.41, 5.74) is 0.985. The fourth-order valence-corrected chi connectivity index (χ4v) is 7.70. The summed E-state index contributed by atoms with van der Waals surface area (Å²) < 4.78 is 25.1. The Morgan fingerprint density at radius 1 is 1.05 bits per heavy atom. The van der Waals surface area contributed by atoms with Crippen LogP contribution < -0.4 is 10.1 Å². The first-order valence-electron chi connectivity index (χ1n) is 15.9. The summed E-state index contributed by atoms with van der Waals surface area (Å²) in [4.78, 5) is 27.1. The van der Waals surface area contributed by atoms with Crippen LogP contribution in [0.1, 0.15) is 87.6 Å². The third kappa shape index (κ3) is 5.52. The van der Waals surface area contributed by atoms with E-state index in [0.29, 0.717) is 41.7 Å². The molecule has 0 radical (unpaired) electrons. The van der Waals surface area contributed by atoms with Crippen LogP contribution in [-0.4, -0.2) is 48.8 Å². The van der Waals surface area contributed by atoms with E-state index >= 15 is 0 Å². The van der Waals surface area contributed by atoms with E-state index in [-0.39, 0.29) is 23.4 Å². The lowest BCUT2D eigenvalue weighted by Crippen LogP contribution is -2.65. The first kappa shape index (κ1) is 30.7. The van der Waals surface area contributed by atoms with Crippen LogP contribution in [-0.2, 0) is 20.5 Å². The number of carbonyl (C=O) groups is 2. The highest BCUT2D eigenvalue weighted by Gasteiger charge is 2.68. The molecule has 3 aromatic carbocycles. The Kier molecular flexibility index (Phi) is 7.82. The van der Waals surface area contributed by atoms with Crippen LogP contribution >= 0.6 is 0 Å². The standard InChI is InChI=1S/C36H44BNO6/c1-8-41-27-17-16-23-13-9-10-15-26(23)31(27)32(39)38-30(19-22-12-11-14-24(18-22)33(40)42-34(2,3)4)37-43-29-21-25-20-28(35(25,5)6)36(29,7)44-37/h9-18,25,28-30H,8,19-21H2,1-7H3,(H,38,39)/t25-,28-,29+,30-,36-/m0/s1. The molecule has 1 N–H and O–H groups in total. The second-order valence-corrected chi connectivity index (χ2v) is 14.4. The van der Waals surface area contributed by atoms with Gasteiger partial charge >= 0.3 is 13.1 Å². The second kappa shape index (κ2) is 11.2. The molecule has 3 aliphatic carbocycles. The van der Waals surface area contributed by atoms with Gasteiger partial charge in [-0.15, -0.1) is 0 Å². The van der Waals surface area contributed by atoms with E-state index in [1.807, 2.05) is 82.3 Å². The van der Waals surface area contributed by atoms with Crippen LogP contribution in [0.5, 0.6) is 5.75 Å². The van der Waals surface area contributed by atoms with Gasteiger partial charge in [-0.05, 0) is 106 Å². The van der Waals surface area contributed by atoms with Crippen molar-refractivity contribution < 1.29 is 28.4 Å². The summed E-state index contributed by atoms with van der Waals surface area (Å²) in [5, 5.41) is 5.07. The Labute approximate surface area is 261 Å². The molecule has 1 aliphatic heterocycles. The molecule has 7 nitrogen and oxygen atoms in total. The molecule has 232 valence electrons. The number of hydrogen-bond donors (Lipinski definition) is 1. The van der Waals surface area contributed by atoms with Gasteiger partial charge in [0.2, 0.25) is 0 Å². The molecule has 0 spiro atoms. The molecule has 1 saturated heterocycles. The Balaban J connectivity index is 1.33. The molecule has 0 aromatic heterocycles. The Bertz CT molecular complexity index is 1580. The molecule has 3 saturated carbocycles. The summed E-state index contributed by atoms with van der Waals surface area (Å²) >= 11 is 0. The lowest BCUT2D eigenvalue weighted by molar-refractivity contribution is -0.199. The zero-order valence-corrected chi connectivity index (χ0v) is 26.9. The predicted octanol–water partition coefficient (Wildman–Crippen LogP) is 6.80. The highest BCUT2D eigenvalue weighted by atomic mass is 16.7. The van der Waals surface area contributed by atoms with E-state index < -0.39 is 24.3 Å². The molecule has 4 fully saturated rings. The monoisotopic (exact) mass is 597 g/mol. The molecule has 8 heteroatoms. The van der Waals surface area contributed by atoms with Crippen molar-refractivity contribution in [3.8, 4) is 5.75 Å². The summed E-state index contributed by atoms with van der Waals surface area (Å²) in [5.74, 6) is 0.369. The zero-order chi connectivity index (χ0) is 31.4. The number of rotatable bonds is 8. The van der Waals surface area contributed by atoms with Gasteiger partial charge in [0, 0.05) is 0 Å². The summed E-state index contributed by atoms with van der Waals surface area (Å²) in [7, 11) is -0.653. The number of benzene rings is 3. The number of esters is 1. The molecule has 4 aliphatic rings. The van der Waals surface area contributed by atoms with E-state index in [1.165, 1.54) is 0 Å². The molecule has 0 unspecified atom stereocenters. The average Bonchev–Trinajstić information content (AvgIpc) is 3.33. The number of hydrogen-bond acceptors (Lipinski definition) is 6. The van der Waals surface area contributed by atoms with Crippen LogP contribution in [0.4, 0.5) is 0 Å². The predicted molar refractivity (Wildman–Crippen MR) is 172 cm³/mol. The third-order valence-corrected chi connectivity index (χ3v) is 10.0. The van der Waals surface area contributed by atoms with Crippen LogP contribution in [0.2, 0.25) is 0 Å². The molecular formula is C36H44BNO6. The smallest absolute Gasteiger partial charge is 0.482 e. The van der Waals surface area contributed by atoms with Crippen LogP contribution in [0.15, 0.2) is 60.7 Å². The number of nitrogens with one attached hydrogen (secondary N) is 1. The minimum atomic E-state index is -0.653. The van der Waals surface area contributed by atoms with Crippen molar-refractivity contribution in [1.82, 2.24) is 5.32 Å². The summed E-state index contributed by atoms with van der Waals surface area (Å²) in [6.07, 6.45) is 2.46. The second-order valence-electron chi connectivity index (χ2n) is 14.4. The Morgan fingerprint density at radius 2 is 1.82 bits per heavy atom. The van der Waals surface area contributed by atoms with Gasteiger partial charge in [0.15, 0.2) is 0 Å². The van der Waals surface area contributed by atoms with Gasteiger partial charge in [-0.2, -0.15) is 0 Å². The van der Waals surface area contributed by atoms with Gasteiger partial charge in [-0.1, -0.05) is 56.3 Å². The molecule has 7 rings (SSSR count). The van der Waals surface area contributed by atoms with Gasteiger partial charge in [0.05, 0.1) is 35.4 Å². The highest BCUT2D eigenvalue weighted by Crippen LogP contribution is 2.65. The molecule has 3 aromatic rings. The van der Waals surface area contributed by atoms with Gasteiger partial charge < -0.3 is 24.1 Å². The Hall–Kier alpha value is -3.36. The first-order valence-corrected chi connectivity index (χ1v) is 15.9. The van der Waals surface area contributed by atoms with Gasteiger partial charge in [0.1, 0.15) is 11.4 Å². The molecule has 44 heavy (non-hydrogen) atoms. The van der Waals surface area contributed by atoms with Crippen molar-refractivity contribution in [2.45, 2.75) is 91.0 Å². The van der Waals surface area contributed by atoms with Crippen molar-refractivity contribution in [1.29, 1.82) is 0 Å². The quantitative estimate of drug-likeness (QED) is 0.227. The normalized spacial score (nSPS) is 26.0. The minimum absolute atomic E-state index is 0.0340. The van der Waals surface area contributed by atoms with Crippen molar-refractivity contribution in [2.75, 3.05) is 6.61 Å². The SMILES string of the molecule is CCOc1ccc2ccccc2c1C(=O)N[C@@H](Cc1cccc(C(=O)OC(C)(C)C)c1)B1O[C@@H]2C[C@@H]3C[C@@H](C3(C)C)[C@]2(C)O1. The van der Waals surface area contributed by atoms with Crippen LogP contribution in [0.25, 0.3) is 10.8 Å². The number of ether oxygens (including phenoxy) is 2. The highest BCUT2D eigenvalue weighted by molar-refractivity contribution is 6.48. The van der Waals surface area contributed by atoms with E-state index in [4.69, 9.17) is 18.8 Å². The molecule has 1 amide bonds. The molecule has 2 bridgehead atoms. The molecule has 1 heterocycles. The van der Waals surface area contributed by atoms with Gasteiger partial charge in [-0.3, -0.25) is 4.79 Å². The lowest BCUT2D eigenvalue weighted by Gasteiger charge is -2.64. The van der Waals surface area contributed by atoms with Crippen LogP contribution in [0.3, 0.4) is 0 Å². The number of fused-ring (bicyclic) bond motifs is 1. The first-order chi connectivity index (χ1) is 20.8. The topological polar surface area (TPSA) is 83.1 Å². The maximum absolute atomic E-state index is 14.2. The molecular weight excluding hydrogens is 553 g/mol. The van der Waals surface area contributed by atoms with Crippen LogP contribution in [0, 0.1) is 17.3 Å². The fraction of sp³-hybridized carbons (Fsp3) is 0.500. The van der Waals surface area contributed by atoms with Crippen molar-refractivity contribution in [3.63, 3.8) is 0 Å².